The first-order valence-corrected chi connectivity index (χ1v) is 9.83. The number of hydrogen-bond donors (Lipinski definition) is 1. The molecule has 2 rings (SSSR count). The third-order valence-electron chi connectivity index (χ3n) is 4.02. The molecule has 0 saturated heterocycles. The zero-order valence-electron chi connectivity index (χ0n) is 15.9. The smallest absolute Gasteiger partial charge is 0.240 e. The van der Waals surface area contributed by atoms with Crippen molar-refractivity contribution in [2.45, 2.75) is 18.7 Å². The molecule has 27 heavy (non-hydrogen) atoms. The van der Waals surface area contributed by atoms with Gasteiger partial charge in [-0.3, -0.25) is 4.79 Å². The van der Waals surface area contributed by atoms with Crippen LogP contribution in [0.3, 0.4) is 0 Å². The summed E-state index contributed by atoms with van der Waals surface area (Å²) in [7, 11) is -0.622. The van der Waals surface area contributed by atoms with Gasteiger partial charge in [0.25, 0.3) is 0 Å². The van der Waals surface area contributed by atoms with Gasteiger partial charge in [-0.2, -0.15) is 0 Å². The van der Waals surface area contributed by atoms with Gasteiger partial charge < -0.3 is 14.4 Å². The summed E-state index contributed by atoms with van der Waals surface area (Å²) in [5.41, 5.74) is 1.49. The Bertz CT molecular complexity index is 895. The van der Waals surface area contributed by atoms with Crippen LogP contribution in [0.1, 0.15) is 12.5 Å². The minimum absolute atomic E-state index is 0.0517. The summed E-state index contributed by atoms with van der Waals surface area (Å²) in [6.45, 7) is 3.49. The van der Waals surface area contributed by atoms with E-state index in [1.807, 2.05) is 6.92 Å². The summed E-state index contributed by atoms with van der Waals surface area (Å²) in [6.07, 6.45) is 0. The molecule has 0 aromatic heterocycles. The Morgan fingerprint density at radius 2 is 1.74 bits per heavy atom. The van der Waals surface area contributed by atoms with Crippen molar-refractivity contribution >= 4 is 21.6 Å². The molecular formula is C19H24N2O5S. The van der Waals surface area contributed by atoms with E-state index in [9.17, 15) is 13.2 Å². The van der Waals surface area contributed by atoms with Crippen LogP contribution in [0, 0.1) is 6.92 Å². The molecule has 0 atom stereocenters. The summed E-state index contributed by atoms with van der Waals surface area (Å²) >= 11 is 0. The molecule has 0 heterocycles. The number of rotatable bonds is 8. The fourth-order valence-corrected chi connectivity index (χ4v) is 3.57. The number of carbonyl (C=O) groups is 1. The van der Waals surface area contributed by atoms with Crippen molar-refractivity contribution in [3.8, 4) is 11.5 Å². The molecule has 7 nitrogen and oxygen atoms in total. The number of nitrogens with one attached hydrogen (secondary N) is 1. The summed E-state index contributed by atoms with van der Waals surface area (Å²) in [5, 5.41) is 0. The third-order valence-corrected chi connectivity index (χ3v) is 5.49. The predicted octanol–water partition coefficient (Wildman–Crippen LogP) is 2.34. The molecule has 0 aliphatic rings. The maximum Gasteiger partial charge on any atom is 0.240 e. The van der Waals surface area contributed by atoms with Gasteiger partial charge in [-0.15, -0.1) is 0 Å². The summed E-state index contributed by atoms with van der Waals surface area (Å²) in [6, 6.07) is 11.7. The number of benzene rings is 2. The largest absolute Gasteiger partial charge is 0.497 e. The van der Waals surface area contributed by atoms with Crippen LogP contribution >= 0.6 is 0 Å². The molecule has 0 bridgehead atoms. The minimum atomic E-state index is -3.65. The second kappa shape index (κ2) is 8.88. The Hall–Kier alpha value is -2.58. The lowest BCUT2D eigenvalue weighted by Crippen LogP contribution is -2.37. The molecule has 0 aliphatic carbocycles. The first kappa shape index (κ1) is 20.7. The van der Waals surface area contributed by atoms with Crippen molar-refractivity contribution in [3.05, 3.63) is 48.0 Å². The van der Waals surface area contributed by atoms with Crippen LogP contribution in [0.25, 0.3) is 0 Å². The highest BCUT2D eigenvalue weighted by molar-refractivity contribution is 7.89. The number of aryl methyl sites for hydroxylation is 1. The van der Waals surface area contributed by atoms with E-state index < -0.39 is 10.0 Å². The summed E-state index contributed by atoms with van der Waals surface area (Å²) in [4.78, 5) is 13.8. The topological polar surface area (TPSA) is 84.9 Å². The van der Waals surface area contributed by atoms with E-state index in [0.717, 1.165) is 5.56 Å². The number of carbonyl (C=O) groups excluding carboxylic acids is 1. The molecule has 0 unspecified atom stereocenters. The standard InChI is InChI=1S/C19H24N2O5S/c1-14-5-8-17(9-6-14)27(23,24)20-11-12-21(15(2)22)18-13-16(25-3)7-10-19(18)26-4/h5-10,13,20H,11-12H2,1-4H3. The molecule has 0 aliphatic heterocycles. The predicted molar refractivity (Wildman–Crippen MR) is 104 cm³/mol. The third kappa shape index (κ3) is 5.21. The number of anilines is 1. The monoisotopic (exact) mass is 392 g/mol. The number of sulfonamides is 1. The molecule has 2 aromatic rings. The molecule has 0 saturated carbocycles. The van der Waals surface area contributed by atoms with Gasteiger partial charge in [0, 0.05) is 26.1 Å². The van der Waals surface area contributed by atoms with Crippen LogP contribution in [0.5, 0.6) is 11.5 Å². The maximum absolute atomic E-state index is 12.4. The van der Waals surface area contributed by atoms with E-state index in [4.69, 9.17) is 9.47 Å². The highest BCUT2D eigenvalue weighted by atomic mass is 32.2. The average molecular weight is 392 g/mol. The molecule has 2 aromatic carbocycles. The molecule has 1 amide bonds. The molecule has 1 N–H and O–H groups in total. The van der Waals surface area contributed by atoms with Crippen molar-refractivity contribution in [1.29, 1.82) is 0 Å². The zero-order chi connectivity index (χ0) is 20.0. The second-order valence-corrected chi connectivity index (χ2v) is 7.69. The first-order chi connectivity index (χ1) is 12.8. The molecule has 8 heteroatoms. The van der Waals surface area contributed by atoms with Gasteiger partial charge in [-0.25, -0.2) is 13.1 Å². The maximum atomic E-state index is 12.4. The quantitative estimate of drug-likeness (QED) is 0.745. The SMILES string of the molecule is COc1ccc(OC)c(N(CCNS(=O)(=O)c2ccc(C)cc2)C(C)=O)c1. The lowest BCUT2D eigenvalue weighted by Gasteiger charge is -2.24. The average Bonchev–Trinajstić information content (AvgIpc) is 2.64. The Balaban J connectivity index is 2.16. The highest BCUT2D eigenvalue weighted by Crippen LogP contribution is 2.32. The van der Waals surface area contributed by atoms with Crippen molar-refractivity contribution in [2.24, 2.45) is 0 Å². The Labute approximate surface area is 160 Å². The Morgan fingerprint density at radius 1 is 1.07 bits per heavy atom. The van der Waals surface area contributed by atoms with Gasteiger partial charge in [0.15, 0.2) is 0 Å². The van der Waals surface area contributed by atoms with Crippen LogP contribution in [-0.2, 0) is 14.8 Å². The van der Waals surface area contributed by atoms with E-state index in [2.05, 4.69) is 4.72 Å². The lowest BCUT2D eigenvalue weighted by molar-refractivity contribution is -0.116. The molecular weight excluding hydrogens is 368 g/mol. The van der Waals surface area contributed by atoms with Gasteiger partial charge in [0.2, 0.25) is 15.9 Å². The van der Waals surface area contributed by atoms with Crippen molar-refractivity contribution < 1.29 is 22.7 Å². The highest BCUT2D eigenvalue weighted by Gasteiger charge is 2.19. The summed E-state index contributed by atoms with van der Waals surface area (Å²) in [5.74, 6) is 0.820. The zero-order valence-corrected chi connectivity index (χ0v) is 16.7. The van der Waals surface area contributed by atoms with Gasteiger partial charge in [0.1, 0.15) is 11.5 Å². The van der Waals surface area contributed by atoms with Crippen molar-refractivity contribution in [2.75, 3.05) is 32.2 Å². The number of amides is 1. The van der Waals surface area contributed by atoms with E-state index >= 15 is 0 Å². The van der Waals surface area contributed by atoms with Crippen LogP contribution < -0.4 is 19.1 Å². The van der Waals surface area contributed by atoms with Gasteiger partial charge >= 0.3 is 0 Å². The van der Waals surface area contributed by atoms with Gasteiger partial charge in [0.05, 0.1) is 24.8 Å². The number of methoxy groups -OCH3 is 2. The van der Waals surface area contributed by atoms with E-state index in [0.29, 0.717) is 17.2 Å². The Kier molecular flexibility index (Phi) is 6.81. The van der Waals surface area contributed by atoms with E-state index in [1.165, 1.54) is 26.0 Å². The molecule has 146 valence electrons. The summed E-state index contributed by atoms with van der Waals surface area (Å²) < 4.78 is 37.8. The van der Waals surface area contributed by atoms with Crippen molar-refractivity contribution in [1.82, 2.24) is 4.72 Å². The van der Waals surface area contributed by atoms with E-state index in [-0.39, 0.29) is 23.9 Å². The van der Waals surface area contributed by atoms with Gasteiger partial charge in [-0.05, 0) is 31.2 Å². The number of hydrogen-bond acceptors (Lipinski definition) is 5. The second-order valence-electron chi connectivity index (χ2n) is 5.92. The lowest BCUT2D eigenvalue weighted by atomic mass is 10.2. The minimum Gasteiger partial charge on any atom is -0.497 e. The van der Waals surface area contributed by atoms with Crippen LogP contribution in [-0.4, -0.2) is 41.6 Å². The molecule has 0 fully saturated rings. The molecule has 0 spiro atoms. The first-order valence-electron chi connectivity index (χ1n) is 8.35. The fourth-order valence-electron chi connectivity index (χ4n) is 2.55. The van der Waals surface area contributed by atoms with Gasteiger partial charge in [-0.1, -0.05) is 17.7 Å². The van der Waals surface area contributed by atoms with Crippen LogP contribution in [0.4, 0.5) is 5.69 Å². The fraction of sp³-hybridized carbons (Fsp3) is 0.316. The van der Waals surface area contributed by atoms with Crippen molar-refractivity contribution in [3.63, 3.8) is 0 Å². The van der Waals surface area contributed by atoms with Crippen LogP contribution in [0.15, 0.2) is 47.4 Å². The normalized spacial score (nSPS) is 11.1. The number of nitrogens with zero attached hydrogens (tertiary/aromatic N) is 1. The van der Waals surface area contributed by atoms with Crippen LogP contribution in [0.2, 0.25) is 0 Å². The Morgan fingerprint density at radius 3 is 2.30 bits per heavy atom. The number of ether oxygens (including phenoxy) is 2. The van der Waals surface area contributed by atoms with E-state index in [1.54, 1.807) is 42.5 Å². The molecule has 0 radical (unpaired) electrons.